The lowest BCUT2D eigenvalue weighted by molar-refractivity contribution is -0.150. The van der Waals surface area contributed by atoms with E-state index in [4.69, 9.17) is 4.74 Å². The van der Waals surface area contributed by atoms with Crippen LogP contribution in [0, 0.1) is 17.3 Å². The second-order valence-electron chi connectivity index (χ2n) is 5.17. The summed E-state index contributed by atoms with van der Waals surface area (Å²) >= 11 is 0. The van der Waals surface area contributed by atoms with Gasteiger partial charge in [-0.15, -0.1) is 0 Å². The van der Waals surface area contributed by atoms with Crippen LogP contribution in [0.2, 0.25) is 0 Å². The van der Waals surface area contributed by atoms with Crippen molar-refractivity contribution in [3.63, 3.8) is 0 Å². The summed E-state index contributed by atoms with van der Waals surface area (Å²) in [6.45, 7) is 9.48. The van der Waals surface area contributed by atoms with Crippen LogP contribution in [0.1, 0.15) is 34.6 Å². The number of allylic oxidation sites excluding steroid dienone is 2. The van der Waals surface area contributed by atoms with Crippen molar-refractivity contribution in [2.45, 2.75) is 40.7 Å². The Morgan fingerprint density at radius 3 is 2.25 bits per heavy atom. The molecule has 0 radical (unpaired) electrons. The fourth-order valence-electron chi connectivity index (χ4n) is 2.33. The Hall–Kier alpha value is -1.12. The van der Waals surface area contributed by atoms with E-state index in [1.54, 1.807) is 6.08 Å². The van der Waals surface area contributed by atoms with Gasteiger partial charge in [-0.05, 0) is 31.8 Å². The first-order valence-corrected chi connectivity index (χ1v) is 5.68. The second kappa shape index (κ2) is 4.40. The third kappa shape index (κ3) is 2.18. The fraction of sp³-hybridized carbons (Fsp3) is 0.692. The number of rotatable bonds is 4. The molecule has 0 aromatic rings. The standard InChI is InChI=1S/C13H20O3/c1-6-9(7-14)10-11(13(10,4)5)12(15)16-8(2)3/h6-8,10-11H,1-5H3. The maximum Gasteiger partial charge on any atom is 0.310 e. The summed E-state index contributed by atoms with van der Waals surface area (Å²) in [6, 6.07) is 0. The minimum Gasteiger partial charge on any atom is -0.463 e. The molecule has 3 nitrogen and oxygen atoms in total. The molecule has 0 N–H and O–H groups in total. The van der Waals surface area contributed by atoms with E-state index in [0.717, 1.165) is 6.29 Å². The summed E-state index contributed by atoms with van der Waals surface area (Å²) in [5.74, 6) is -0.348. The van der Waals surface area contributed by atoms with E-state index < -0.39 is 0 Å². The van der Waals surface area contributed by atoms with Gasteiger partial charge in [-0.2, -0.15) is 0 Å². The van der Waals surface area contributed by atoms with Crippen LogP contribution in [0.5, 0.6) is 0 Å². The Balaban J connectivity index is 2.78. The highest BCUT2D eigenvalue weighted by atomic mass is 16.5. The summed E-state index contributed by atoms with van der Waals surface area (Å²) in [5.41, 5.74) is 0.546. The predicted molar refractivity (Wildman–Crippen MR) is 61.8 cm³/mol. The molecule has 0 amide bonds. The van der Waals surface area contributed by atoms with Gasteiger partial charge < -0.3 is 4.74 Å². The smallest absolute Gasteiger partial charge is 0.310 e. The van der Waals surface area contributed by atoms with Crippen LogP contribution in [0.3, 0.4) is 0 Å². The maximum absolute atomic E-state index is 11.8. The lowest BCUT2D eigenvalue weighted by Crippen LogP contribution is -2.15. The molecule has 0 spiro atoms. The summed E-state index contributed by atoms with van der Waals surface area (Å²) in [7, 11) is 0. The van der Waals surface area contributed by atoms with Gasteiger partial charge >= 0.3 is 5.97 Å². The molecule has 1 fully saturated rings. The van der Waals surface area contributed by atoms with Crippen LogP contribution in [0.25, 0.3) is 0 Å². The Labute approximate surface area is 96.9 Å². The maximum atomic E-state index is 11.8. The van der Waals surface area contributed by atoms with Crippen LogP contribution in [-0.4, -0.2) is 18.4 Å². The normalized spacial score (nSPS) is 27.8. The third-order valence-electron chi connectivity index (χ3n) is 3.26. The Morgan fingerprint density at radius 2 is 1.88 bits per heavy atom. The quantitative estimate of drug-likeness (QED) is 0.418. The molecular formula is C13H20O3. The number of aldehydes is 1. The molecule has 1 aliphatic carbocycles. The van der Waals surface area contributed by atoms with Crippen molar-refractivity contribution in [1.82, 2.24) is 0 Å². The molecule has 3 heteroatoms. The van der Waals surface area contributed by atoms with Gasteiger partial charge in [-0.25, -0.2) is 0 Å². The molecule has 90 valence electrons. The van der Waals surface area contributed by atoms with Crippen molar-refractivity contribution in [2.75, 3.05) is 0 Å². The molecule has 0 bridgehead atoms. The summed E-state index contributed by atoms with van der Waals surface area (Å²) in [5, 5.41) is 0. The van der Waals surface area contributed by atoms with Gasteiger partial charge in [0.2, 0.25) is 0 Å². The number of carbonyl (C=O) groups is 2. The molecule has 0 heterocycles. The minimum absolute atomic E-state index is 0.0150. The first kappa shape index (κ1) is 12.9. The van der Waals surface area contributed by atoms with E-state index in [1.807, 2.05) is 34.6 Å². The predicted octanol–water partition coefficient (Wildman–Crippen LogP) is 2.36. The van der Waals surface area contributed by atoms with Crippen LogP contribution < -0.4 is 0 Å². The molecule has 2 atom stereocenters. The highest BCUT2D eigenvalue weighted by Crippen LogP contribution is 2.61. The molecular weight excluding hydrogens is 204 g/mol. The topological polar surface area (TPSA) is 43.4 Å². The molecule has 0 aliphatic heterocycles. The third-order valence-corrected chi connectivity index (χ3v) is 3.26. The zero-order chi connectivity index (χ0) is 12.5. The minimum atomic E-state index is -0.189. The van der Waals surface area contributed by atoms with E-state index in [-0.39, 0.29) is 29.3 Å². The Kier molecular flexibility index (Phi) is 3.56. The Morgan fingerprint density at radius 1 is 1.31 bits per heavy atom. The van der Waals surface area contributed by atoms with Gasteiger partial charge in [0, 0.05) is 5.92 Å². The first-order valence-electron chi connectivity index (χ1n) is 5.68. The summed E-state index contributed by atoms with van der Waals surface area (Å²) < 4.78 is 5.20. The van der Waals surface area contributed by atoms with E-state index in [0.29, 0.717) is 5.57 Å². The van der Waals surface area contributed by atoms with Gasteiger partial charge in [0.15, 0.2) is 0 Å². The van der Waals surface area contributed by atoms with Crippen molar-refractivity contribution in [1.29, 1.82) is 0 Å². The van der Waals surface area contributed by atoms with E-state index in [9.17, 15) is 9.59 Å². The number of carbonyl (C=O) groups excluding carboxylic acids is 2. The van der Waals surface area contributed by atoms with Gasteiger partial charge in [0.25, 0.3) is 0 Å². The number of hydrogen-bond acceptors (Lipinski definition) is 3. The molecule has 0 saturated heterocycles. The van der Waals surface area contributed by atoms with Crippen LogP contribution >= 0.6 is 0 Å². The molecule has 2 unspecified atom stereocenters. The van der Waals surface area contributed by atoms with Crippen LogP contribution in [0.4, 0.5) is 0 Å². The van der Waals surface area contributed by atoms with Crippen molar-refractivity contribution >= 4 is 12.3 Å². The number of esters is 1. The van der Waals surface area contributed by atoms with Crippen LogP contribution in [0.15, 0.2) is 11.6 Å². The Bertz CT molecular complexity index is 326. The average Bonchev–Trinajstić information content (AvgIpc) is 2.70. The van der Waals surface area contributed by atoms with E-state index in [2.05, 4.69) is 0 Å². The average molecular weight is 224 g/mol. The van der Waals surface area contributed by atoms with Gasteiger partial charge in [0.1, 0.15) is 6.29 Å². The number of ether oxygens (including phenoxy) is 1. The zero-order valence-corrected chi connectivity index (χ0v) is 10.6. The fourth-order valence-corrected chi connectivity index (χ4v) is 2.33. The van der Waals surface area contributed by atoms with E-state index >= 15 is 0 Å². The van der Waals surface area contributed by atoms with Crippen LogP contribution in [-0.2, 0) is 14.3 Å². The molecule has 1 saturated carbocycles. The lowest BCUT2D eigenvalue weighted by atomic mass is 10.0. The zero-order valence-electron chi connectivity index (χ0n) is 10.6. The molecule has 0 aromatic heterocycles. The van der Waals surface area contributed by atoms with Gasteiger partial charge in [-0.3, -0.25) is 9.59 Å². The number of hydrogen-bond donors (Lipinski definition) is 0. The van der Waals surface area contributed by atoms with Crippen molar-refractivity contribution in [3.8, 4) is 0 Å². The summed E-state index contributed by atoms with van der Waals surface area (Å²) in [6.07, 6.45) is 2.52. The SMILES string of the molecule is CC=C(C=O)C1C(C(=O)OC(C)C)C1(C)C. The van der Waals surface area contributed by atoms with Crippen molar-refractivity contribution in [3.05, 3.63) is 11.6 Å². The van der Waals surface area contributed by atoms with Crippen molar-refractivity contribution < 1.29 is 14.3 Å². The highest BCUT2D eigenvalue weighted by molar-refractivity contribution is 5.84. The molecule has 0 aromatic carbocycles. The highest BCUT2D eigenvalue weighted by Gasteiger charge is 2.63. The second-order valence-corrected chi connectivity index (χ2v) is 5.17. The molecule has 16 heavy (non-hydrogen) atoms. The van der Waals surface area contributed by atoms with Gasteiger partial charge in [-0.1, -0.05) is 19.9 Å². The molecule has 1 aliphatic rings. The molecule has 1 rings (SSSR count). The van der Waals surface area contributed by atoms with E-state index in [1.165, 1.54) is 0 Å². The largest absolute Gasteiger partial charge is 0.463 e. The van der Waals surface area contributed by atoms with Gasteiger partial charge in [0.05, 0.1) is 12.0 Å². The summed E-state index contributed by atoms with van der Waals surface area (Å²) in [4.78, 5) is 22.7. The van der Waals surface area contributed by atoms with Crippen molar-refractivity contribution in [2.24, 2.45) is 17.3 Å². The monoisotopic (exact) mass is 224 g/mol. The first-order chi connectivity index (χ1) is 7.36. The lowest BCUT2D eigenvalue weighted by Gasteiger charge is -2.08.